The second kappa shape index (κ2) is 8.30. The number of aliphatic hydroxyl groups is 1. The van der Waals surface area contributed by atoms with Crippen LogP contribution < -0.4 is 4.72 Å². The number of hydrogen-bond donors (Lipinski definition) is 2. The van der Waals surface area contributed by atoms with Gasteiger partial charge in [-0.15, -0.1) is 0 Å². The van der Waals surface area contributed by atoms with Gasteiger partial charge in [0.1, 0.15) is 5.82 Å². The number of nitrogens with zero attached hydrogens (tertiary/aromatic N) is 3. The molecule has 1 fully saturated rings. The molecule has 1 saturated heterocycles. The van der Waals surface area contributed by atoms with Crippen LogP contribution in [-0.4, -0.2) is 75.3 Å². The van der Waals surface area contributed by atoms with Crippen molar-refractivity contribution in [2.75, 3.05) is 31.9 Å². The van der Waals surface area contributed by atoms with E-state index in [1.165, 1.54) is 41.4 Å². The normalized spacial score (nSPS) is 17.6. The van der Waals surface area contributed by atoms with E-state index in [0.29, 0.717) is 6.42 Å². The second-order valence-electron chi connectivity index (χ2n) is 7.02. The van der Waals surface area contributed by atoms with Crippen molar-refractivity contribution >= 4 is 31.8 Å². The van der Waals surface area contributed by atoms with E-state index in [1.54, 1.807) is 14.1 Å². The van der Waals surface area contributed by atoms with Crippen LogP contribution in [0.4, 0.5) is 5.82 Å². The minimum atomic E-state index is -4.16. The number of pyridine rings is 1. The van der Waals surface area contributed by atoms with Crippen LogP contribution in [0.25, 0.3) is 0 Å². The highest BCUT2D eigenvalue weighted by atomic mass is 32.2. The molecule has 0 saturated carbocycles. The van der Waals surface area contributed by atoms with Gasteiger partial charge >= 0.3 is 0 Å². The molecule has 0 spiro atoms. The Bertz CT molecular complexity index is 1160. The number of rotatable bonds is 6. The quantitative estimate of drug-likeness (QED) is 0.642. The molecular formula is C18H22N4O6S2. The molecule has 0 aliphatic carbocycles. The van der Waals surface area contributed by atoms with Gasteiger partial charge in [-0.1, -0.05) is 6.07 Å². The predicted octanol–water partition coefficient (Wildman–Crippen LogP) is 0.340. The minimum Gasteiger partial charge on any atom is -0.392 e. The summed E-state index contributed by atoms with van der Waals surface area (Å²) in [6.07, 6.45) is 0.886. The van der Waals surface area contributed by atoms with Gasteiger partial charge in [0, 0.05) is 38.9 Å². The zero-order valence-electron chi connectivity index (χ0n) is 16.4. The summed E-state index contributed by atoms with van der Waals surface area (Å²) in [6, 6.07) is 7.69. The molecule has 1 amide bonds. The fourth-order valence-electron chi connectivity index (χ4n) is 2.95. The fraction of sp³-hybridized carbons (Fsp3) is 0.333. The first-order valence-corrected chi connectivity index (χ1v) is 11.9. The van der Waals surface area contributed by atoms with Crippen molar-refractivity contribution in [3.8, 4) is 0 Å². The summed E-state index contributed by atoms with van der Waals surface area (Å²) in [5.41, 5.74) is 0.247. The first-order valence-electron chi connectivity index (χ1n) is 8.99. The van der Waals surface area contributed by atoms with Gasteiger partial charge in [0.05, 0.1) is 15.9 Å². The van der Waals surface area contributed by atoms with E-state index in [4.69, 9.17) is 0 Å². The number of sulfonamides is 2. The van der Waals surface area contributed by atoms with E-state index in [2.05, 4.69) is 9.71 Å². The minimum absolute atomic E-state index is 0.0336. The molecule has 0 radical (unpaired) electrons. The zero-order chi connectivity index (χ0) is 22.1. The number of β-amino-alcohol motifs (C(OH)–C–C–N with tert-alkyl or cyclic N) is 1. The Labute approximate surface area is 175 Å². The number of aromatic nitrogens is 1. The molecule has 10 nitrogen and oxygen atoms in total. The van der Waals surface area contributed by atoms with E-state index in [1.807, 2.05) is 0 Å². The van der Waals surface area contributed by atoms with Crippen LogP contribution in [-0.2, 0) is 20.0 Å². The Hall–Kier alpha value is -2.54. The summed E-state index contributed by atoms with van der Waals surface area (Å²) in [5, 5.41) is 9.61. The zero-order valence-corrected chi connectivity index (χ0v) is 18.0. The molecule has 12 heteroatoms. The van der Waals surface area contributed by atoms with E-state index in [0.717, 1.165) is 10.4 Å². The largest absolute Gasteiger partial charge is 0.392 e. The average Bonchev–Trinajstić information content (AvgIpc) is 3.14. The van der Waals surface area contributed by atoms with Gasteiger partial charge in [-0.3, -0.25) is 9.52 Å². The molecule has 1 aliphatic heterocycles. The smallest absolute Gasteiger partial charge is 0.263 e. The number of aliphatic hydroxyl groups excluding tert-OH is 1. The van der Waals surface area contributed by atoms with Crippen LogP contribution in [0, 0.1) is 0 Å². The molecule has 0 unspecified atom stereocenters. The summed E-state index contributed by atoms with van der Waals surface area (Å²) >= 11 is 0. The van der Waals surface area contributed by atoms with Crippen molar-refractivity contribution in [2.45, 2.75) is 22.3 Å². The topological polar surface area (TPSA) is 137 Å². The molecule has 3 rings (SSSR count). The third kappa shape index (κ3) is 4.61. The van der Waals surface area contributed by atoms with Crippen molar-refractivity contribution in [1.29, 1.82) is 0 Å². The average molecular weight is 455 g/mol. The summed E-state index contributed by atoms with van der Waals surface area (Å²) in [5.74, 6) is -0.391. The van der Waals surface area contributed by atoms with Crippen molar-refractivity contribution in [3.63, 3.8) is 0 Å². The molecule has 2 aromatic rings. The van der Waals surface area contributed by atoms with Gasteiger partial charge in [-0.05, 0) is 36.8 Å². The molecule has 1 aliphatic rings. The van der Waals surface area contributed by atoms with Gasteiger partial charge in [0.15, 0.2) is 0 Å². The standard InChI is InChI=1S/C18H22N4O6S2/c1-21(2)18(24)13-6-8-19-17(10-13)20-29(25,26)15-4-3-5-16(11-15)30(27,28)22-9-7-14(23)12-22/h3-6,8,10-11,14,23H,7,9,12H2,1-2H3,(H,19,20)/t14-/m0/s1. The van der Waals surface area contributed by atoms with Crippen molar-refractivity contribution in [2.24, 2.45) is 0 Å². The number of carbonyl (C=O) groups excluding carboxylic acids is 1. The Morgan fingerprint density at radius 3 is 2.50 bits per heavy atom. The Morgan fingerprint density at radius 2 is 1.87 bits per heavy atom. The highest BCUT2D eigenvalue weighted by molar-refractivity contribution is 7.93. The van der Waals surface area contributed by atoms with Crippen molar-refractivity contribution < 1.29 is 26.7 Å². The van der Waals surface area contributed by atoms with Crippen LogP contribution in [0.1, 0.15) is 16.8 Å². The molecular weight excluding hydrogens is 432 g/mol. The number of benzene rings is 1. The molecule has 0 bridgehead atoms. The number of hydrogen-bond acceptors (Lipinski definition) is 7. The summed E-state index contributed by atoms with van der Waals surface area (Å²) in [6.45, 7) is 0.128. The molecule has 1 atom stereocenters. The maximum atomic E-state index is 12.8. The Balaban J connectivity index is 1.88. The van der Waals surface area contributed by atoms with E-state index < -0.39 is 26.2 Å². The Morgan fingerprint density at radius 1 is 1.17 bits per heavy atom. The number of amides is 1. The Kier molecular flexibility index (Phi) is 6.13. The lowest BCUT2D eigenvalue weighted by Gasteiger charge is -2.16. The maximum Gasteiger partial charge on any atom is 0.263 e. The van der Waals surface area contributed by atoms with Gasteiger partial charge in [-0.2, -0.15) is 4.31 Å². The van der Waals surface area contributed by atoms with Gasteiger partial charge in [0.25, 0.3) is 15.9 Å². The summed E-state index contributed by atoms with van der Waals surface area (Å²) < 4.78 is 54.4. The predicted molar refractivity (Wildman–Crippen MR) is 109 cm³/mol. The number of carbonyl (C=O) groups is 1. The van der Waals surface area contributed by atoms with Gasteiger partial charge in [0.2, 0.25) is 10.0 Å². The lowest BCUT2D eigenvalue weighted by molar-refractivity contribution is 0.0827. The second-order valence-corrected chi connectivity index (χ2v) is 10.6. The van der Waals surface area contributed by atoms with E-state index in [9.17, 15) is 26.7 Å². The molecule has 1 aromatic heterocycles. The fourth-order valence-corrected chi connectivity index (χ4v) is 5.61. The van der Waals surface area contributed by atoms with Crippen LogP contribution in [0.15, 0.2) is 52.4 Å². The summed E-state index contributed by atoms with van der Waals surface area (Å²) in [4.78, 5) is 16.9. The van der Waals surface area contributed by atoms with E-state index in [-0.39, 0.29) is 40.2 Å². The molecule has 2 N–H and O–H groups in total. The SMILES string of the molecule is CN(C)C(=O)c1ccnc(NS(=O)(=O)c2cccc(S(=O)(=O)N3CC[C@H](O)C3)c2)c1. The summed E-state index contributed by atoms with van der Waals surface area (Å²) in [7, 11) is -4.97. The van der Waals surface area contributed by atoms with Crippen LogP contribution in [0.3, 0.4) is 0 Å². The lowest BCUT2D eigenvalue weighted by atomic mass is 10.2. The third-order valence-corrected chi connectivity index (χ3v) is 7.75. The monoisotopic (exact) mass is 454 g/mol. The lowest BCUT2D eigenvalue weighted by Crippen LogP contribution is -2.29. The molecule has 1 aromatic carbocycles. The number of anilines is 1. The molecule has 30 heavy (non-hydrogen) atoms. The van der Waals surface area contributed by atoms with Crippen molar-refractivity contribution in [3.05, 3.63) is 48.2 Å². The van der Waals surface area contributed by atoms with Crippen LogP contribution in [0.5, 0.6) is 0 Å². The first kappa shape index (κ1) is 22.2. The van der Waals surface area contributed by atoms with Crippen molar-refractivity contribution in [1.82, 2.24) is 14.2 Å². The van der Waals surface area contributed by atoms with E-state index >= 15 is 0 Å². The van der Waals surface area contributed by atoms with Gasteiger partial charge in [-0.25, -0.2) is 21.8 Å². The first-order chi connectivity index (χ1) is 14.0. The highest BCUT2D eigenvalue weighted by Crippen LogP contribution is 2.24. The molecule has 2 heterocycles. The van der Waals surface area contributed by atoms with Gasteiger partial charge < -0.3 is 10.0 Å². The number of nitrogens with one attached hydrogen (secondary N) is 1. The molecule has 162 valence electrons. The van der Waals surface area contributed by atoms with Crippen LogP contribution >= 0.6 is 0 Å². The maximum absolute atomic E-state index is 12.8. The highest BCUT2D eigenvalue weighted by Gasteiger charge is 2.32. The third-order valence-electron chi connectivity index (χ3n) is 4.53. The van der Waals surface area contributed by atoms with Crippen LogP contribution in [0.2, 0.25) is 0 Å².